The lowest BCUT2D eigenvalue weighted by Crippen LogP contribution is -1.98. The molecule has 2 heterocycles. The molecule has 0 aliphatic rings. The molecule has 0 unspecified atom stereocenters. The average Bonchev–Trinajstić information content (AvgIpc) is 2.69. The molecule has 0 bridgehead atoms. The molecule has 0 aromatic carbocycles. The summed E-state index contributed by atoms with van der Waals surface area (Å²) in [4.78, 5) is 8.59. The largest absolute Gasteiger partial charge is 0.472 e. The summed E-state index contributed by atoms with van der Waals surface area (Å²) in [7, 11) is 0. The molecule has 0 spiro atoms. The zero-order valence-corrected chi connectivity index (χ0v) is 9.32. The molecule has 0 N–H and O–H groups in total. The molecule has 0 saturated heterocycles. The van der Waals surface area contributed by atoms with E-state index in [4.69, 9.17) is 16.0 Å². The lowest BCUT2D eigenvalue weighted by Gasteiger charge is -2.05. The minimum atomic E-state index is 0.259. The summed E-state index contributed by atoms with van der Waals surface area (Å²) in [5.74, 6) is 1.01. The summed E-state index contributed by atoms with van der Waals surface area (Å²) in [6.07, 6.45) is 3.25. The second kappa shape index (κ2) is 4.03. The van der Waals surface area contributed by atoms with Crippen molar-refractivity contribution in [3.63, 3.8) is 0 Å². The van der Waals surface area contributed by atoms with E-state index in [-0.39, 0.29) is 5.92 Å². The fourth-order valence-electron chi connectivity index (χ4n) is 1.25. The van der Waals surface area contributed by atoms with Crippen molar-refractivity contribution in [2.75, 3.05) is 0 Å². The van der Waals surface area contributed by atoms with Crippen LogP contribution in [-0.4, -0.2) is 9.97 Å². The van der Waals surface area contributed by atoms with E-state index in [9.17, 15) is 0 Å². The summed E-state index contributed by atoms with van der Waals surface area (Å²) >= 11 is 5.93. The van der Waals surface area contributed by atoms with Crippen LogP contribution < -0.4 is 0 Å². The Bertz CT molecular complexity index is 452. The number of hydrogen-bond acceptors (Lipinski definition) is 3. The third-order valence-electron chi connectivity index (χ3n) is 2.05. The summed E-state index contributed by atoms with van der Waals surface area (Å²) in [6, 6.07) is 3.58. The van der Waals surface area contributed by atoms with Crippen molar-refractivity contribution in [3.8, 4) is 11.3 Å². The third kappa shape index (κ3) is 2.18. The van der Waals surface area contributed by atoms with Gasteiger partial charge in [-0.2, -0.15) is 0 Å². The van der Waals surface area contributed by atoms with Crippen LogP contribution in [0.1, 0.15) is 25.6 Å². The molecule has 0 radical (unpaired) electrons. The number of halogens is 1. The summed E-state index contributed by atoms with van der Waals surface area (Å²) in [5.41, 5.74) is 1.72. The van der Waals surface area contributed by atoms with E-state index in [2.05, 4.69) is 9.97 Å². The van der Waals surface area contributed by atoms with Gasteiger partial charge in [-0.3, -0.25) is 0 Å². The van der Waals surface area contributed by atoms with Gasteiger partial charge >= 0.3 is 0 Å². The highest BCUT2D eigenvalue weighted by atomic mass is 35.5. The fraction of sp³-hybridized carbons (Fsp3) is 0.273. The Morgan fingerprint density at radius 3 is 2.73 bits per heavy atom. The highest BCUT2D eigenvalue weighted by Gasteiger charge is 2.08. The van der Waals surface area contributed by atoms with E-state index in [0.717, 1.165) is 17.1 Å². The van der Waals surface area contributed by atoms with Gasteiger partial charge < -0.3 is 4.42 Å². The smallest absolute Gasteiger partial charge is 0.133 e. The van der Waals surface area contributed by atoms with Gasteiger partial charge in [0.15, 0.2) is 0 Å². The Kier molecular flexibility index (Phi) is 2.73. The number of furan rings is 1. The number of nitrogens with zero attached hydrogens (tertiary/aromatic N) is 2. The normalized spacial score (nSPS) is 10.9. The average molecular weight is 223 g/mol. The quantitative estimate of drug-likeness (QED) is 0.730. The first kappa shape index (κ1) is 10.2. The molecule has 0 fully saturated rings. The highest BCUT2D eigenvalue weighted by Crippen LogP contribution is 2.22. The van der Waals surface area contributed by atoms with Crippen molar-refractivity contribution in [2.24, 2.45) is 0 Å². The molecular formula is C11H11ClN2O. The van der Waals surface area contributed by atoms with E-state index in [1.165, 1.54) is 0 Å². The maximum atomic E-state index is 5.93. The molecular weight excluding hydrogens is 212 g/mol. The van der Waals surface area contributed by atoms with Crippen LogP contribution in [0.25, 0.3) is 11.3 Å². The minimum Gasteiger partial charge on any atom is -0.472 e. The van der Waals surface area contributed by atoms with Gasteiger partial charge in [-0.1, -0.05) is 25.4 Å². The van der Waals surface area contributed by atoms with Crippen LogP contribution in [-0.2, 0) is 0 Å². The molecule has 2 aromatic heterocycles. The Morgan fingerprint density at radius 1 is 1.33 bits per heavy atom. The molecule has 15 heavy (non-hydrogen) atoms. The fourth-order valence-corrected chi connectivity index (χ4v) is 1.44. The van der Waals surface area contributed by atoms with Crippen molar-refractivity contribution in [1.82, 2.24) is 9.97 Å². The maximum Gasteiger partial charge on any atom is 0.133 e. The van der Waals surface area contributed by atoms with Gasteiger partial charge in [0.05, 0.1) is 18.2 Å². The van der Waals surface area contributed by atoms with Crippen LogP contribution in [0.4, 0.5) is 0 Å². The van der Waals surface area contributed by atoms with Crippen LogP contribution in [0.3, 0.4) is 0 Å². The van der Waals surface area contributed by atoms with E-state index in [1.54, 1.807) is 18.6 Å². The zero-order chi connectivity index (χ0) is 10.8. The second-order valence-corrected chi connectivity index (χ2v) is 3.99. The Labute approximate surface area is 93.1 Å². The van der Waals surface area contributed by atoms with E-state index >= 15 is 0 Å². The summed E-state index contributed by atoms with van der Waals surface area (Å²) < 4.78 is 5.01. The SMILES string of the molecule is CC(C)c1nc(Cl)cc(-c2ccoc2)n1. The van der Waals surface area contributed by atoms with Crippen molar-refractivity contribution in [1.29, 1.82) is 0 Å². The number of hydrogen-bond donors (Lipinski definition) is 0. The third-order valence-corrected chi connectivity index (χ3v) is 2.24. The molecule has 78 valence electrons. The van der Waals surface area contributed by atoms with Gasteiger partial charge in [-0.25, -0.2) is 9.97 Å². The first-order valence-electron chi connectivity index (χ1n) is 4.74. The van der Waals surface area contributed by atoms with Crippen molar-refractivity contribution >= 4 is 11.6 Å². The van der Waals surface area contributed by atoms with Gasteiger partial charge in [0.25, 0.3) is 0 Å². The number of aromatic nitrogens is 2. The molecule has 0 saturated carbocycles. The zero-order valence-electron chi connectivity index (χ0n) is 8.57. The van der Waals surface area contributed by atoms with E-state index in [1.807, 2.05) is 19.9 Å². The lowest BCUT2D eigenvalue weighted by molar-refractivity contribution is 0.568. The molecule has 2 rings (SSSR count). The van der Waals surface area contributed by atoms with Gasteiger partial charge in [0.2, 0.25) is 0 Å². The predicted molar refractivity (Wildman–Crippen MR) is 58.8 cm³/mol. The molecule has 3 nitrogen and oxygen atoms in total. The Balaban J connectivity index is 2.49. The van der Waals surface area contributed by atoms with Crippen molar-refractivity contribution in [3.05, 3.63) is 35.6 Å². The maximum absolute atomic E-state index is 5.93. The van der Waals surface area contributed by atoms with Gasteiger partial charge in [-0.05, 0) is 6.07 Å². The van der Waals surface area contributed by atoms with Crippen LogP contribution in [0, 0.1) is 0 Å². The molecule has 0 atom stereocenters. The monoisotopic (exact) mass is 222 g/mol. The molecule has 2 aromatic rings. The van der Waals surface area contributed by atoms with Crippen LogP contribution >= 0.6 is 11.6 Å². The molecule has 0 amide bonds. The van der Waals surface area contributed by atoms with E-state index in [0.29, 0.717) is 5.15 Å². The van der Waals surface area contributed by atoms with E-state index < -0.39 is 0 Å². The minimum absolute atomic E-state index is 0.259. The first-order valence-corrected chi connectivity index (χ1v) is 5.11. The first-order chi connectivity index (χ1) is 7.16. The lowest BCUT2D eigenvalue weighted by atomic mass is 10.2. The summed E-state index contributed by atoms with van der Waals surface area (Å²) in [5, 5.41) is 0.463. The Hall–Kier alpha value is -1.35. The van der Waals surface area contributed by atoms with Crippen molar-refractivity contribution in [2.45, 2.75) is 19.8 Å². The van der Waals surface area contributed by atoms with Gasteiger partial charge in [-0.15, -0.1) is 0 Å². The van der Waals surface area contributed by atoms with Gasteiger partial charge in [0, 0.05) is 17.5 Å². The topological polar surface area (TPSA) is 38.9 Å². The predicted octanol–water partition coefficient (Wildman–Crippen LogP) is 3.51. The standard InChI is InChI=1S/C11H11ClN2O/c1-7(2)11-13-9(5-10(12)14-11)8-3-4-15-6-8/h3-7H,1-2H3. The number of rotatable bonds is 2. The molecule has 4 heteroatoms. The Morgan fingerprint density at radius 2 is 2.13 bits per heavy atom. The van der Waals surface area contributed by atoms with Crippen LogP contribution in [0.15, 0.2) is 29.1 Å². The van der Waals surface area contributed by atoms with Crippen LogP contribution in [0.5, 0.6) is 0 Å². The molecule has 0 aliphatic carbocycles. The molecule has 0 aliphatic heterocycles. The summed E-state index contributed by atoms with van der Waals surface area (Å²) in [6.45, 7) is 4.07. The van der Waals surface area contributed by atoms with Crippen LogP contribution in [0.2, 0.25) is 5.15 Å². The highest BCUT2D eigenvalue weighted by molar-refractivity contribution is 6.29. The van der Waals surface area contributed by atoms with Gasteiger partial charge in [0.1, 0.15) is 11.0 Å². The second-order valence-electron chi connectivity index (χ2n) is 3.60. The van der Waals surface area contributed by atoms with Crippen molar-refractivity contribution < 1.29 is 4.42 Å².